The van der Waals surface area contributed by atoms with Crippen molar-refractivity contribution in [3.8, 4) is 0 Å². The first-order valence-corrected chi connectivity index (χ1v) is 13.8. The number of thioether (sulfide) groups is 1. The first-order chi connectivity index (χ1) is 13.1. The Kier molecular flexibility index (Phi) is 5.71. The third-order valence-corrected chi connectivity index (χ3v) is 10.1. The number of anilines is 2. The molecule has 2 aliphatic heterocycles. The Morgan fingerprint density at radius 3 is 2.41 bits per heavy atom. The summed E-state index contributed by atoms with van der Waals surface area (Å²) in [6, 6.07) is 17.5. The molecule has 0 fully saturated rings. The van der Waals surface area contributed by atoms with E-state index in [4.69, 9.17) is 0 Å². The molecule has 0 spiro atoms. The number of hydrogen-bond acceptors (Lipinski definition) is 3. The van der Waals surface area contributed by atoms with Gasteiger partial charge >= 0.3 is 0 Å². The zero-order valence-electron chi connectivity index (χ0n) is 15.8. The van der Waals surface area contributed by atoms with E-state index in [2.05, 4.69) is 112 Å². The van der Waals surface area contributed by atoms with Crippen LogP contribution in [-0.4, -0.2) is 18.1 Å². The van der Waals surface area contributed by atoms with Gasteiger partial charge in [-0.25, -0.2) is 0 Å². The fraction of sp³-hybridized carbons (Fsp3) is 0.227. The number of rotatable bonds is 4. The molecule has 2 nitrogen and oxygen atoms in total. The van der Waals surface area contributed by atoms with Crippen LogP contribution >= 0.6 is 40.6 Å². The lowest BCUT2D eigenvalue weighted by atomic mass is 10.2. The number of para-hydroxylation sites is 2. The smallest absolute Gasteiger partial charge is 0.0804 e. The Morgan fingerprint density at radius 2 is 1.67 bits per heavy atom. The molecule has 0 saturated heterocycles. The number of allylic oxidation sites excluding steroid dienone is 2. The van der Waals surface area contributed by atoms with Gasteiger partial charge in [-0.3, -0.25) is 0 Å². The van der Waals surface area contributed by atoms with E-state index in [0.717, 1.165) is 13.1 Å². The fourth-order valence-electron chi connectivity index (χ4n) is 3.53. The maximum Gasteiger partial charge on any atom is 0.0804 e. The summed E-state index contributed by atoms with van der Waals surface area (Å²) in [6.45, 7) is 8.67. The van der Waals surface area contributed by atoms with Crippen LogP contribution in [0.3, 0.4) is 0 Å². The van der Waals surface area contributed by atoms with Gasteiger partial charge in [0.1, 0.15) is 0 Å². The van der Waals surface area contributed by atoms with Gasteiger partial charge in [0.05, 0.1) is 21.4 Å². The molecule has 0 aromatic heterocycles. The van der Waals surface area contributed by atoms with Gasteiger partial charge in [0.2, 0.25) is 0 Å². The van der Waals surface area contributed by atoms with Crippen molar-refractivity contribution in [1.29, 1.82) is 0 Å². The molecule has 0 bridgehead atoms. The molecule has 4 rings (SSSR count). The van der Waals surface area contributed by atoms with Crippen molar-refractivity contribution in [2.24, 2.45) is 0 Å². The van der Waals surface area contributed by atoms with Gasteiger partial charge in [0.15, 0.2) is 0 Å². The molecule has 1 atom stereocenters. The average molecular weight is 506 g/mol. The van der Waals surface area contributed by atoms with Crippen molar-refractivity contribution in [3.05, 3.63) is 71.3 Å². The van der Waals surface area contributed by atoms with Crippen molar-refractivity contribution < 1.29 is 0 Å². The molecule has 2 aromatic rings. The van der Waals surface area contributed by atoms with Crippen LogP contribution < -0.4 is 9.80 Å². The summed E-state index contributed by atoms with van der Waals surface area (Å²) >= 11 is 4.48. The summed E-state index contributed by atoms with van der Waals surface area (Å²) in [5.74, 6) is 0. The largest absolute Gasteiger partial charge is 0.335 e. The Morgan fingerprint density at radius 1 is 1.00 bits per heavy atom. The Hall–Kier alpha value is -1.18. The number of benzene rings is 2. The third-order valence-electron chi connectivity index (χ3n) is 4.77. The van der Waals surface area contributed by atoms with Gasteiger partial charge in [-0.15, -0.1) is 0 Å². The van der Waals surface area contributed by atoms with Crippen LogP contribution in [0.4, 0.5) is 11.4 Å². The van der Waals surface area contributed by atoms with Gasteiger partial charge in [-0.05, 0) is 84.0 Å². The lowest BCUT2D eigenvalue weighted by Crippen LogP contribution is -2.26. The van der Waals surface area contributed by atoms with Gasteiger partial charge in [-0.1, -0.05) is 43.7 Å². The van der Waals surface area contributed by atoms with Gasteiger partial charge in [-0.2, -0.15) is 0 Å². The van der Waals surface area contributed by atoms with Gasteiger partial charge in [0, 0.05) is 22.9 Å². The molecule has 0 saturated carbocycles. The summed E-state index contributed by atoms with van der Waals surface area (Å²) < 4.78 is 0. The minimum atomic E-state index is 0.0968. The highest BCUT2D eigenvalue weighted by molar-refractivity contribution is 14.2. The van der Waals surface area contributed by atoms with E-state index in [1.54, 1.807) is 0 Å². The summed E-state index contributed by atoms with van der Waals surface area (Å²) in [7, 11) is 0.0968. The van der Waals surface area contributed by atoms with E-state index in [-0.39, 0.29) is 7.66 Å². The first-order valence-electron chi connectivity index (χ1n) is 9.22. The minimum Gasteiger partial charge on any atom is -0.335 e. The van der Waals surface area contributed by atoms with E-state index in [0.29, 0.717) is 0 Å². The van der Waals surface area contributed by atoms with Crippen molar-refractivity contribution in [1.82, 2.24) is 0 Å². The number of fused-ring (bicyclic) bond motifs is 2. The summed E-state index contributed by atoms with van der Waals surface area (Å²) in [4.78, 5) is 9.08. The molecule has 2 aromatic carbocycles. The van der Waals surface area contributed by atoms with Crippen LogP contribution in [0, 0.1) is 0 Å². The van der Waals surface area contributed by atoms with Crippen LogP contribution in [0.1, 0.15) is 20.8 Å². The second-order valence-electron chi connectivity index (χ2n) is 6.49. The van der Waals surface area contributed by atoms with Gasteiger partial charge in [0.25, 0.3) is 0 Å². The second-order valence-corrected chi connectivity index (χ2v) is 11.6. The Labute approximate surface area is 180 Å². The fourth-order valence-corrected chi connectivity index (χ4v) is 8.48. The number of hydrogen-bond donors (Lipinski definition) is 0. The molecular formula is C22H23IN2S2. The van der Waals surface area contributed by atoms with Crippen molar-refractivity contribution in [2.45, 2.75) is 30.6 Å². The highest BCUT2D eigenvalue weighted by Crippen LogP contribution is 2.49. The Bertz CT molecular complexity index is 978. The molecule has 0 amide bonds. The summed E-state index contributed by atoms with van der Waals surface area (Å²) in [5.41, 5.74) is 4.00. The molecule has 0 radical (unpaired) electrons. The third kappa shape index (κ3) is 3.49. The topological polar surface area (TPSA) is 6.48 Å². The highest BCUT2D eigenvalue weighted by Gasteiger charge is 2.25. The molecule has 27 heavy (non-hydrogen) atoms. The normalized spacial score (nSPS) is 20.4. The molecule has 2 heterocycles. The maximum absolute atomic E-state index is 2.60. The van der Waals surface area contributed by atoms with E-state index in [1.165, 1.54) is 36.8 Å². The summed E-state index contributed by atoms with van der Waals surface area (Å²) in [6.07, 6.45) is 4.72. The van der Waals surface area contributed by atoms with Crippen LogP contribution in [-0.2, 0) is 0 Å². The zero-order valence-corrected chi connectivity index (χ0v) is 19.6. The minimum absolute atomic E-state index is 0.0968. The summed E-state index contributed by atoms with van der Waals surface area (Å²) in [5, 5.41) is 1.32. The molecule has 140 valence electrons. The van der Waals surface area contributed by atoms with Crippen molar-refractivity contribution in [2.75, 3.05) is 22.9 Å². The lowest BCUT2D eigenvalue weighted by Gasteiger charge is -2.20. The first kappa shape index (κ1) is 19.2. The predicted octanol–water partition coefficient (Wildman–Crippen LogP) is 7.05. The van der Waals surface area contributed by atoms with Crippen LogP contribution in [0.2, 0.25) is 0 Å². The average Bonchev–Trinajstić information content (AvgIpc) is 3.16. The monoisotopic (exact) mass is 506 g/mol. The second kappa shape index (κ2) is 8.05. The quantitative estimate of drug-likeness (QED) is 0.249. The SMILES string of the molecule is CCN1C(/C=C(C)/C=C2\Sc3ccccc3N2CC)=S(I)c2ccccc21. The van der Waals surface area contributed by atoms with E-state index in [9.17, 15) is 0 Å². The zero-order chi connectivity index (χ0) is 19.0. The van der Waals surface area contributed by atoms with Crippen molar-refractivity contribution >= 4 is 57.0 Å². The molecule has 0 N–H and O–H groups in total. The van der Waals surface area contributed by atoms with Gasteiger partial charge < -0.3 is 9.80 Å². The maximum atomic E-state index is 2.60. The van der Waals surface area contributed by atoms with Crippen molar-refractivity contribution in [3.63, 3.8) is 0 Å². The van der Waals surface area contributed by atoms with Crippen LogP contribution in [0.25, 0.3) is 0 Å². The predicted molar refractivity (Wildman–Crippen MR) is 132 cm³/mol. The number of halogens is 1. The molecule has 0 aliphatic carbocycles. The molecule has 2 aliphatic rings. The van der Waals surface area contributed by atoms with E-state index < -0.39 is 0 Å². The van der Waals surface area contributed by atoms with E-state index >= 15 is 0 Å². The lowest BCUT2D eigenvalue weighted by molar-refractivity contribution is 1.00. The van der Waals surface area contributed by atoms with Crippen LogP contribution in [0.15, 0.2) is 81.1 Å². The van der Waals surface area contributed by atoms with Crippen LogP contribution in [0.5, 0.6) is 0 Å². The standard InChI is InChI=1S/C22H23IN2S2/c1-4-24-17-10-6-8-12-19(17)26-21(24)14-16(3)15-22-25(5-2)18-11-7-9-13-20(18)27(22)23/h6-15H,4-5H2,1-3H3/b16-15+,21-14-. The Balaban J connectivity index is 1.68. The molecule has 5 heteroatoms. The van der Waals surface area contributed by atoms with E-state index in [1.807, 2.05) is 11.8 Å². The molecular weight excluding hydrogens is 483 g/mol. The molecule has 1 unspecified atom stereocenters. The number of likely N-dealkylation sites (N-methyl/N-ethyl adjacent to an activating group) is 1. The number of nitrogens with zero attached hydrogens (tertiary/aromatic N) is 2. The highest BCUT2D eigenvalue weighted by atomic mass is 127.